The Hall–Kier alpha value is -3.75. The van der Waals surface area contributed by atoms with Crippen LogP contribution in [0.2, 0.25) is 0 Å². The highest BCUT2D eigenvalue weighted by Gasteiger charge is 2.08. The van der Waals surface area contributed by atoms with Gasteiger partial charge in [-0.15, -0.1) is 0 Å². The molecule has 9 heteroatoms. The molecule has 2 rings (SSSR count). The minimum Gasteiger partial charge on any atom is -0.482 e. The number of ether oxygens (including phenoxy) is 2. The van der Waals surface area contributed by atoms with Crippen LogP contribution in [0.5, 0.6) is 5.75 Å². The van der Waals surface area contributed by atoms with Gasteiger partial charge < -0.3 is 14.8 Å². The van der Waals surface area contributed by atoms with Crippen LogP contribution in [0.15, 0.2) is 53.9 Å². The Balaban J connectivity index is 1.70. The van der Waals surface area contributed by atoms with Crippen molar-refractivity contribution < 1.29 is 23.9 Å². The standard InChI is InChI=1S/C19H20N4O5/c1-27-19(26)13-28-16-6-4-14(5-7-16)12-22-23-18(25)9-17(24)21-11-15-3-2-8-20-10-15/h2-8,10,12H,9,11,13H2,1H3,(H,21,24)(H,23,25)/b22-12+. The first-order chi connectivity index (χ1) is 13.6. The lowest BCUT2D eigenvalue weighted by atomic mass is 10.2. The van der Waals surface area contributed by atoms with E-state index in [2.05, 4.69) is 25.6 Å². The number of methoxy groups -OCH3 is 1. The summed E-state index contributed by atoms with van der Waals surface area (Å²) >= 11 is 0. The maximum absolute atomic E-state index is 11.7. The number of nitrogens with one attached hydrogen (secondary N) is 2. The molecule has 146 valence electrons. The molecular weight excluding hydrogens is 364 g/mol. The zero-order chi connectivity index (χ0) is 20.2. The summed E-state index contributed by atoms with van der Waals surface area (Å²) in [5.74, 6) is -0.920. The summed E-state index contributed by atoms with van der Waals surface area (Å²) in [7, 11) is 1.28. The number of rotatable bonds is 9. The molecule has 2 aromatic rings. The molecule has 0 spiro atoms. The maximum Gasteiger partial charge on any atom is 0.343 e. The first-order valence-corrected chi connectivity index (χ1v) is 8.34. The van der Waals surface area contributed by atoms with Gasteiger partial charge in [-0.3, -0.25) is 14.6 Å². The summed E-state index contributed by atoms with van der Waals surface area (Å²) in [5.41, 5.74) is 3.83. The third-order valence-electron chi connectivity index (χ3n) is 3.40. The topological polar surface area (TPSA) is 119 Å². The fourth-order valence-electron chi connectivity index (χ4n) is 1.98. The van der Waals surface area contributed by atoms with Gasteiger partial charge in [0.2, 0.25) is 11.8 Å². The zero-order valence-electron chi connectivity index (χ0n) is 15.3. The minimum atomic E-state index is -0.530. The third kappa shape index (κ3) is 7.65. The van der Waals surface area contributed by atoms with Gasteiger partial charge in [0.05, 0.1) is 13.3 Å². The molecule has 1 heterocycles. The monoisotopic (exact) mass is 384 g/mol. The molecular formula is C19H20N4O5. The van der Waals surface area contributed by atoms with Crippen LogP contribution in [0.25, 0.3) is 0 Å². The van der Waals surface area contributed by atoms with Crippen LogP contribution < -0.4 is 15.5 Å². The van der Waals surface area contributed by atoms with Gasteiger partial charge in [0.15, 0.2) is 6.61 Å². The smallest absolute Gasteiger partial charge is 0.343 e. The summed E-state index contributed by atoms with van der Waals surface area (Å²) in [5, 5.41) is 6.43. The van der Waals surface area contributed by atoms with E-state index in [1.165, 1.54) is 13.3 Å². The molecule has 0 aliphatic carbocycles. The van der Waals surface area contributed by atoms with Gasteiger partial charge in [0.25, 0.3) is 0 Å². The lowest BCUT2D eigenvalue weighted by Gasteiger charge is -2.05. The molecule has 2 N–H and O–H groups in total. The van der Waals surface area contributed by atoms with Crippen LogP contribution in [0.3, 0.4) is 0 Å². The second-order valence-electron chi connectivity index (χ2n) is 5.54. The summed E-state index contributed by atoms with van der Waals surface area (Å²) in [6.45, 7) is 0.121. The molecule has 28 heavy (non-hydrogen) atoms. The Labute approximate surface area is 161 Å². The molecule has 0 radical (unpaired) electrons. The van der Waals surface area contributed by atoms with Crippen LogP contribution in [0.1, 0.15) is 17.5 Å². The van der Waals surface area contributed by atoms with Crippen molar-refractivity contribution in [3.63, 3.8) is 0 Å². The second kappa shape index (κ2) is 11.1. The van der Waals surface area contributed by atoms with Crippen molar-refractivity contribution in [1.29, 1.82) is 0 Å². The fourth-order valence-corrected chi connectivity index (χ4v) is 1.98. The van der Waals surface area contributed by atoms with Crippen LogP contribution in [-0.2, 0) is 25.7 Å². The molecule has 2 amide bonds. The number of hydrogen-bond acceptors (Lipinski definition) is 7. The van der Waals surface area contributed by atoms with Crippen LogP contribution in [0.4, 0.5) is 0 Å². The normalized spacial score (nSPS) is 10.3. The summed E-state index contributed by atoms with van der Waals surface area (Å²) in [6.07, 6.45) is 4.36. The average Bonchev–Trinajstić information content (AvgIpc) is 2.72. The van der Waals surface area contributed by atoms with Gasteiger partial charge in [-0.2, -0.15) is 5.10 Å². The number of amides is 2. The Kier molecular flexibility index (Phi) is 8.13. The number of benzene rings is 1. The molecule has 0 aliphatic rings. The predicted molar refractivity (Wildman–Crippen MR) is 100 cm³/mol. The molecule has 0 atom stereocenters. The molecule has 0 aliphatic heterocycles. The number of aromatic nitrogens is 1. The molecule has 9 nitrogen and oxygen atoms in total. The van der Waals surface area contributed by atoms with Gasteiger partial charge in [-0.1, -0.05) is 6.07 Å². The Morgan fingerprint density at radius 2 is 1.93 bits per heavy atom. The minimum absolute atomic E-state index is 0.178. The lowest BCUT2D eigenvalue weighted by molar-refractivity contribution is -0.143. The Bertz CT molecular complexity index is 822. The van der Waals surface area contributed by atoms with Crippen molar-refractivity contribution in [3.05, 3.63) is 59.9 Å². The molecule has 0 unspecified atom stereocenters. The molecule has 0 bridgehead atoms. The molecule has 0 saturated heterocycles. The van der Waals surface area contributed by atoms with E-state index in [4.69, 9.17) is 4.74 Å². The SMILES string of the molecule is COC(=O)COc1ccc(/C=N/NC(=O)CC(=O)NCc2cccnc2)cc1. The number of hydrogen-bond donors (Lipinski definition) is 2. The number of nitrogens with zero attached hydrogens (tertiary/aromatic N) is 2. The Morgan fingerprint density at radius 1 is 1.14 bits per heavy atom. The van der Waals surface area contributed by atoms with Crippen molar-refractivity contribution in [2.45, 2.75) is 13.0 Å². The van der Waals surface area contributed by atoms with E-state index in [0.29, 0.717) is 17.9 Å². The maximum atomic E-state index is 11.7. The van der Waals surface area contributed by atoms with E-state index in [-0.39, 0.29) is 13.0 Å². The first kappa shape index (κ1) is 20.6. The van der Waals surface area contributed by atoms with Crippen LogP contribution in [-0.4, -0.2) is 42.7 Å². The average molecular weight is 384 g/mol. The van der Waals surface area contributed by atoms with Gasteiger partial charge in [-0.05, 0) is 41.5 Å². The quantitative estimate of drug-likeness (QED) is 0.286. The molecule has 0 saturated carbocycles. The van der Waals surface area contributed by atoms with Gasteiger partial charge in [-0.25, -0.2) is 10.2 Å². The fraction of sp³-hybridized carbons (Fsp3) is 0.211. The molecule has 1 aromatic carbocycles. The van der Waals surface area contributed by atoms with Crippen molar-refractivity contribution in [1.82, 2.24) is 15.7 Å². The van der Waals surface area contributed by atoms with Crippen molar-refractivity contribution in [2.24, 2.45) is 5.10 Å². The van der Waals surface area contributed by atoms with Gasteiger partial charge in [0, 0.05) is 18.9 Å². The highest BCUT2D eigenvalue weighted by molar-refractivity contribution is 5.97. The predicted octanol–water partition coefficient (Wildman–Crippen LogP) is 0.790. The number of carbonyl (C=O) groups is 3. The first-order valence-electron chi connectivity index (χ1n) is 8.34. The largest absolute Gasteiger partial charge is 0.482 e. The van der Waals surface area contributed by atoms with Gasteiger partial charge >= 0.3 is 5.97 Å². The van der Waals surface area contributed by atoms with E-state index in [1.807, 2.05) is 6.07 Å². The van der Waals surface area contributed by atoms with E-state index in [9.17, 15) is 14.4 Å². The number of carbonyl (C=O) groups excluding carboxylic acids is 3. The van der Waals surface area contributed by atoms with Gasteiger partial charge in [0.1, 0.15) is 12.2 Å². The van der Waals surface area contributed by atoms with Crippen molar-refractivity contribution in [3.8, 4) is 5.75 Å². The summed E-state index contributed by atoms with van der Waals surface area (Å²) in [6, 6.07) is 10.3. The van der Waals surface area contributed by atoms with E-state index in [0.717, 1.165) is 5.56 Å². The van der Waals surface area contributed by atoms with Crippen LogP contribution >= 0.6 is 0 Å². The lowest BCUT2D eigenvalue weighted by Crippen LogP contribution is -2.29. The molecule has 1 aromatic heterocycles. The van der Waals surface area contributed by atoms with Crippen molar-refractivity contribution >= 4 is 24.0 Å². The summed E-state index contributed by atoms with van der Waals surface area (Å²) in [4.78, 5) is 38.4. The zero-order valence-corrected chi connectivity index (χ0v) is 15.3. The van der Waals surface area contributed by atoms with E-state index >= 15 is 0 Å². The highest BCUT2D eigenvalue weighted by atomic mass is 16.6. The molecule has 0 fully saturated rings. The van der Waals surface area contributed by atoms with E-state index < -0.39 is 17.8 Å². The number of pyridine rings is 1. The number of esters is 1. The van der Waals surface area contributed by atoms with E-state index in [1.54, 1.807) is 42.7 Å². The Morgan fingerprint density at radius 3 is 2.61 bits per heavy atom. The third-order valence-corrected chi connectivity index (χ3v) is 3.40. The number of hydrazone groups is 1. The highest BCUT2D eigenvalue weighted by Crippen LogP contribution is 2.11. The summed E-state index contributed by atoms with van der Waals surface area (Å²) < 4.78 is 9.70. The second-order valence-corrected chi connectivity index (χ2v) is 5.54. The van der Waals surface area contributed by atoms with Crippen LogP contribution in [0, 0.1) is 0 Å². The van der Waals surface area contributed by atoms with Crippen molar-refractivity contribution in [2.75, 3.05) is 13.7 Å².